The first-order valence-electron chi connectivity index (χ1n) is 7.19. The molecule has 0 heterocycles. The third-order valence-electron chi connectivity index (χ3n) is 3.70. The van der Waals surface area contributed by atoms with Crippen LogP contribution in [0.1, 0.15) is 32.1 Å². The second-order valence-corrected chi connectivity index (χ2v) is 5.75. The second-order valence-electron chi connectivity index (χ2n) is 5.75. The number of unbranched alkanes of at least 4 members (excludes halogenated alkanes) is 3. The van der Waals surface area contributed by atoms with Gasteiger partial charge in [0, 0.05) is 6.42 Å². The van der Waals surface area contributed by atoms with E-state index in [0.717, 1.165) is 0 Å². The molecule has 15 heteroatoms. The average molecular weight is 453 g/mol. The molecule has 0 rings (SSSR count). The van der Waals surface area contributed by atoms with E-state index in [-0.39, 0.29) is 19.3 Å². The number of halogens is 15. The summed E-state index contributed by atoms with van der Waals surface area (Å²) in [5.74, 6) is -30.0. The zero-order valence-corrected chi connectivity index (χ0v) is 13.4. The maximum atomic E-state index is 13.4. The molecule has 0 unspecified atom stereocenters. The van der Waals surface area contributed by atoms with E-state index in [0.29, 0.717) is 0 Å². The van der Waals surface area contributed by atoms with Crippen LogP contribution in [-0.2, 0) is 0 Å². The molecule has 169 valence electrons. The van der Waals surface area contributed by atoms with Gasteiger partial charge in [0.1, 0.15) is 0 Å². The maximum Gasteiger partial charge on any atom is 0.438 e. The van der Waals surface area contributed by atoms with E-state index in [2.05, 4.69) is 6.92 Å². The van der Waals surface area contributed by atoms with Crippen LogP contribution in [0.2, 0.25) is 0 Å². The lowest BCUT2D eigenvalue weighted by molar-refractivity contribution is -0.457. The molecule has 0 nitrogen and oxygen atoms in total. The fraction of sp³-hybridized carbons (Fsp3) is 0.923. The van der Waals surface area contributed by atoms with Crippen LogP contribution in [0, 0.1) is 6.92 Å². The summed E-state index contributed by atoms with van der Waals surface area (Å²) in [5.41, 5.74) is -8.23. The lowest BCUT2D eigenvalue weighted by atomic mass is 9.85. The highest BCUT2D eigenvalue weighted by molar-refractivity contribution is 5.16. The zero-order chi connectivity index (χ0) is 23.0. The van der Waals surface area contributed by atoms with Crippen molar-refractivity contribution in [3.05, 3.63) is 6.92 Å². The van der Waals surface area contributed by atoms with Gasteiger partial charge in [-0.05, 0) is 6.42 Å². The topological polar surface area (TPSA) is 0 Å². The molecular weight excluding hydrogens is 441 g/mol. The lowest BCUT2D eigenvalue weighted by Crippen LogP contribution is -2.75. The molecule has 0 bridgehead atoms. The summed E-state index contributed by atoms with van der Waals surface area (Å²) in [5, 5.41) is 0. The Balaban J connectivity index is 6.29. The van der Waals surface area contributed by atoms with Crippen molar-refractivity contribution in [3.63, 3.8) is 0 Å². The molecule has 0 aliphatic heterocycles. The highest BCUT2D eigenvalue weighted by atomic mass is 19.4. The van der Waals surface area contributed by atoms with E-state index in [1.807, 2.05) is 0 Å². The molecule has 0 aromatic rings. The van der Waals surface area contributed by atoms with Gasteiger partial charge in [0.25, 0.3) is 0 Å². The summed E-state index contributed by atoms with van der Waals surface area (Å²) in [6.07, 6.45) is -19.4. The summed E-state index contributed by atoms with van der Waals surface area (Å²) in [7, 11) is 0. The Morgan fingerprint density at radius 2 is 0.857 bits per heavy atom. The quantitative estimate of drug-likeness (QED) is 0.257. The monoisotopic (exact) mass is 453 g/mol. The molecule has 0 aromatic heterocycles. The molecule has 0 N–H and O–H groups in total. The van der Waals surface area contributed by atoms with Crippen molar-refractivity contribution in [3.8, 4) is 0 Å². The molecular formula is C13H12F15. The van der Waals surface area contributed by atoms with Gasteiger partial charge in [-0.15, -0.1) is 0 Å². The Morgan fingerprint density at radius 1 is 0.464 bits per heavy atom. The zero-order valence-electron chi connectivity index (χ0n) is 13.4. The number of alkyl halides is 15. The van der Waals surface area contributed by atoms with Crippen molar-refractivity contribution in [2.45, 2.75) is 73.8 Å². The van der Waals surface area contributed by atoms with E-state index in [4.69, 9.17) is 0 Å². The Hall–Kier alpha value is -1.05. The van der Waals surface area contributed by atoms with E-state index in [9.17, 15) is 65.9 Å². The van der Waals surface area contributed by atoms with Gasteiger partial charge in [-0.25, -0.2) is 4.39 Å². The van der Waals surface area contributed by atoms with Crippen LogP contribution in [0.3, 0.4) is 0 Å². The predicted molar refractivity (Wildman–Crippen MR) is 64.2 cm³/mol. The molecule has 0 saturated heterocycles. The predicted octanol–water partition coefficient (Wildman–Crippen LogP) is 7.15. The standard InChI is InChI=1S/C13H12F15/c1-2-3-4-5-6-7(14,15)9(17,18)11(21,22)10(19,20)8(16,12(23,24)25)13(26,27)28/h1-6H2. The van der Waals surface area contributed by atoms with Crippen molar-refractivity contribution in [1.82, 2.24) is 0 Å². The van der Waals surface area contributed by atoms with Crippen molar-refractivity contribution in [1.29, 1.82) is 0 Å². The number of rotatable bonds is 9. The van der Waals surface area contributed by atoms with Gasteiger partial charge >= 0.3 is 41.7 Å². The SMILES string of the molecule is [CH2]CCCCCC(F)(F)C(F)(F)C(F)(F)C(F)(F)C(F)(C(F)(F)F)C(F)(F)F. The van der Waals surface area contributed by atoms with Crippen LogP contribution in [-0.4, -0.2) is 41.7 Å². The maximum absolute atomic E-state index is 13.4. The van der Waals surface area contributed by atoms with Gasteiger partial charge in [-0.1, -0.05) is 26.2 Å². The van der Waals surface area contributed by atoms with Crippen molar-refractivity contribution in [2.24, 2.45) is 0 Å². The van der Waals surface area contributed by atoms with Gasteiger partial charge in [-0.3, -0.25) is 0 Å². The summed E-state index contributed by atoms with van der Waals surface area (Å²) in [6, 6.07) is 0. The normalized spacial score (nSPS) is 15.9. The van der Waals surface area contributed by atoms with Crippen molar-refractivity contribution < 1.29 is 65.9 Å². The Bertz CT molecular complexity index is 499. The number of hydrogen-bond acceptors (Lipinski definition) is 0. The van der Waals surface area contributed by atoms with Crippen LogP contribution in [0.25, 0.3) is 0 Å². The summed E-state index contributed by atoms with van der Waals surface area (Å²) in [6.45, 7) is 3.20. The summed E-state index contributed by atoms with van der Waals surface area (Å²) >= 11 is 0. The molecule has 1 radical (unpaired) electrons. The van der Waals surface area contributed by atoms with E-state index in [1.54, 1.807) is 0 Å². The van der Waals surface area contributed by atoms with E-state index in [1.165, 1.54) is 0 Å². The van der Waals surface area contributed by atoms with Crippen molar-refractivity contribution >= 4 is 0 Å². The minimum atomic E-state index is -8.34. The Kier molecular flexibility index (Phi) is 7.36. The second kappa shape index (κ2) is 7.65. The summed E-state index contributed by atoms with van der Waals surface area (Å²) in [4.78, 5) is 0. The molecule has 0 atom stereocenters. The van der Waals surface area contributed by atoms with E-state index >= 15 is 0 Å². The van der Waals surface area contributed by atoms with Gasteiger partial charge in [0.2, 0.25) is 0 Å². The molecule has 0 aromatic carbocycles. The van der Waals surface area contributed by atoms with Crippen LogP contribution in [0.5, 0.6) is 0 Å². The fourth-order valence-corrected chi connectivity index (χ4v) is 2.02. The Morgan fingerprint density at radius 3 is 1.18 bits per heavy atom. The Labute approximate surface area is 148 Å². The van der Waals surface area contributed by atoms with E-state index < -0.39 is 54.6 Å². The minimum absolute atomic E-state index is 0.00998. The van der Waals surface area contributed by atoms with Crippen LogP contribution in [0.15, 0.2) is 0 Å². The lowest BCUT2D eigenvalue weighted by Gasteiger charge is -2.43. The van der Waals surface area contributed by atoms with Crippen LogP contribution < -0.4 is 0 Å². The van der Waals surface area contributed by atoms with Gasteiger partial charge in [-0.2, -0.15) is 61.5 Å². The minimum Gasteiger partial charge on any atom is -0.216 e. The molecule has 0 amide bonds. The third-order valence-corrected chi connectivity index (χ3v) is 3.70. The largest absolute Gasteiger partial charge is 0.438 e. The van der Waals surface area contributed by atoms with Gasteiger partial charge in [0.05, 0.1) is 0 Å². The molecule has 28 heavy (non-hydrogen) atoms. The molecule has 0 aliphatic rings. The highest BCUT2D eigenvalue weighted by Gasteiger charge is 2.95. The summed E-state index contributed by atoms with van der Waals surface area (Å²) < 4.78 is 194. The smallest absolute Gasteiger partial charge is 0.216 e. The van der Waals surface area contributed by atoms with Crippen LogP contribution in [0.4, 0.5) is 65.9 Å². The highest BCUT2D eigenvalue weighted by Crippen LogP contribution is 2.64. The molecule has 0 fully saturated rings. The molecule has 0 spiro atoms. The molecule has 0 saturated carbocycles. The first kappa shape index (κ1) is 27.0. The fourth-order valence-electron chi connectivity index (χ4n) is 2.02. The van der Waals surface area contributed by atoms with Crippen LogP contribution >= 0.6 is 0 Å². The van der Waals surface area contributed by atoms with Crippen molar-refractivity contribution in [2.75, 3.05) is 0 Å². The van der Waals surface area contributed by atoms with Gasteiger partial charge in [0.15, 0.2) is 0 Å². The molecule has 0 aliphatic carbocycles. The average Bonchev–Trinajstić information content (AvgIpc) is 2.47. The van der Waals surface area contributed by atoms with Gasteiger partial charge < -0.3 is 0 Å². The number of hydrogen-bond donors (Lipinski definition) is 0. The first-order valence-corrected chi connectivity index (χ1v) is 7.19. The third kappa shape index (κ3) is 3.98. The first-order chi connectivity index (χ1) is 12.1.